The van der Waals surface area contributed by atoms with Gasteiger partial charge in [0.25, 0.3) is 5.91 Å². The van der Waals surface area contributed by atoms with Gasteiger partial charge in [-0.25, -0.2) is 4.79 Å². The number of rotatable bonds is 6. The zero-order chi connectivity index (χ0) is 22.5. The molecule has 0 aliphatic rings. The molecule has 0 radical (unpaired) electrons. The van der Waals surface area contributed by atoms with Crippen LogP contribution in [0.4, 0.5) is 0 Å². The van der Waals surface area contributed by atoms with E-state index in [4.69, 9.17) is 9.15 Å². The lowest BCUT2D eigenvalue weighted by Crippen LogP contribution is -2.34. The van der Waals surface area contributed by atoms with Crippen molar-refractivity contribution in [2.75, 3.05) is 7.11 Å². The van der Waals surface area contributed by atoms with Crippen LogP contribution in [0.5, 0.6) is 0 Å². The highest BCUT2D eigenvalue weighted by Gasteiger charge is 2.24. The number of carbonyl (C=O) groups is 2. The summed E-state index contributed by atoms with van der Waals surface area (Å²) in [6.07, 6.45) is 0. The number of nitrogens with zero attached hydrogens (tertiary/aromatic N) is 2. The molecule has 3 aromatic carbocycles. The highest BCUT2D eigenvalue weighted by molar-refractivity contribution is 5.97. The predicted molar refractivity (Wildman–Crippen MR) is 119 cm³/mol. The number of nitrogens with one attached hydrogen (secondary N) is 1. The van der Waals surface area contributed by atoms with Gasteiger partial charge in [0.05, 0.1) is 7.11 Å². The summed E-state index contributed by atoms with van der Waals surface area (Å²) in [6.45, 7) is 2.01. The van der Waals surface area contributed by atoms with E-state index in [2.05, 4.69) is 15.5 Å². The van der Waals surface area contributed by atoms with Crippen LogP contribution in [-0.2, 0) is 9.53 Å². The molecule has 1 unspecified atom stereocenters. The highest BCUT2D eigenvalue weighted by Crippen LogP contribution is 2.24. The monoisotopic (exact) mass is 427 g/mol. The van der Waals surface area contributed by atoms with E-state index < -0.39 is 17.9 Å². The average molecular weight is 427 g/mol. The van der Waals surface area contributed by atoms with Crippen LogP contribution in [0.2, 0.25) is 0 Å². The average Bonchev–Trinajstić information content (AvgIpc) is 3.33. The fraction of sp³-hybridized carbons (Fsp3) is 0.120. The van der Waals surface area contributed by atoms with E-state index in [0.717, 1.165) is 11.1 Å². The molecule has 0 spiro atoms. The largest absolute Gasteiger partial charge is 0.467 e. The maximum absolute atomic E-state index is 12.7. The summed E-state index contributed by atoms with van der Waals surface area (Å²) >= 11 is 0. The van der Waals surface area contributed by atoms with E-state index >= 15 is 0 Å². The first-order valence-corrected chi connectivity index (χ1v) is 10.00. The number of esters is 1. The lowest BCUT2D eigenvalue weighted by molar-refractivity contribution is -0.143. The lowest BCUT2D eigenvalue weighted by Gasteiger charge is -2.17. The number of benzene rings is 3. The maximum Gasteiger partial charge on any atom is 0.333 e. The number of carbonyl (C=O) groups excluding carboxylic acids is 2. The summed E-state index contributed by atoms with van der Waals surface area (Å²) < 4.78 is 10.6. The van der Waals surface area contributed by atoms with Gasteiger partial charge in [-0.1, -0.05) is 48.0 Å². The van der Waals surface area contributed by atoms with Gasteiger partial charge in [-0.3, -0.25) is 4.79 Å². The molecule has 32 heavy (non-hydrogen) atoms. The standard InChI is InChI=1S/C25H21N3O4/c1-16-8-10-19(11-9-16)23-27-28-24(32-23)20-14-12-18(13-15-20)22(29)26-21(25(30)31-2)17-6-4-3-5-7-17/h3-15,21H,1-2H3,(H,26,29). The van der Waals surface area contributed by atoms with Gasteiger partial charge in [0, 0.05) is 16.7 Å². The van der Waals surface area contributed by atoms with Crippen LogP contribution in [0.1, 0.15) is 27.5 Å². The molecule has 0 fully saturated rings. The molecule has 160 valence electrons. The summed E-state index contributed by atoms with van der Waals surface area (Å²) in [6, 6.07) is 22.5. The number of ether oxygens (including phenoxy) is 1. The van der Waals surface area contributed by atoms with Crippen molar-refractivity contribution < 1.29 is 18.7 Å². The van der Waals surface area contributed by atoms with E-state index in [-0.39, 0.29) is 0 Å². The van der Waals surface area contributed by atoms with Gasteiger partial charge < -0.3 is 14.5 Å². The lowest BCUT2D eigenvalue weighted by atomic mass is 10.1. The van der Waals surface area contributed by atoms with Crippen LogP contribution in [0.25, 0.3) is 22.9 Å². The van der Waals surface area contributed by atoms with Crippen LogP contribution < -0.4 is 5.32 Å². The molecule has 0 bridgehead atoms. The molecule has 0 aliphatic carbocycles. The minimum Gasteiger partial charge on any atom is -0.467 e. The van der Waals surface area contributed by atoms with Crippen LogP contribution in [-0.4, -0.2) is 29.2 Å². The number of hydrogen-bond donors (Lipinski definition) is 1. The van der Waals surface area contributed by atoms with Crippen LogP contribution in [0, 0.1) is 6.92 Å². The van der Waals surface area contributed by atoms with E-state index in [1.165, 1.54) is 7.11 Å². The molecular weight excluding hydrogens is 406 g/mol. The van der Waals surface area contributed by atoms with Crippen LogP contribution in [0.15, 0.2) is 83.3 Å². The van der Waals surface area contributed by atoms with Gasteiger partial charge in [-0.05, 0) is 48.9 Å². The summed E-state index contributed by atoms with van der Waals surface area (Å²) in [7, 11) is 1.29. The Bertz CT molecular complexity index is 1220. The van der Waals surface area contributed by atoms with E-state index in [1.54, 1.807) is 48.5 Å². The molecule has 0 saturated carbocycles. The van der Waals surface area contributed by atoms with Gasteiger partial charge in [0.2, 0.25) is 11.8 Å². The van der Waals surface area contributed by atoms with Crippen molar-refractivity contribution in [1.29, 1.82) is 0 Å². The van der Waals surface area contributed by atoms with Crippen LogP contribution >= 0.6 is 0 Å². The molecule has 1 amide bonds. The molecule has 7 nitrogen and oxygen atoms in total. The van der Waals surface area contributed by atoms with Crippen molar-refractivity contribution >= 4 is 11.9 Å². The van der Waals surface area contributed by atoms with E-state index in [9.17, 15) is 9.59 Å². The molecular formula is C25H21N3O4. The van der Waals surface area contributed by atoms with Crippen LogP contribution in [0.3, 0.4) is 0 Å². The number of amides is 1. The summed E-state index contributed by atoms with van der Waals surface area (Å²) in [5.41, 5.74) is 3.68. The molecule has 4 aromatic rings. The highest BCUT2D eigenvalue weighted by atomic mass is 16.5. The third-order valence-corrected chi connectivity index (χ3v) is 4.96. The Kier molecular flexibility index (Phi) is 6.07. The van der Waals surface area contributed by atoms with Crippen molar-refractivity contribution in [1.82, 2.24) is 15.5 Å². The van der Waals surface area contributed by atoms with Gasteiger partial charge in [0.15, 0.2) is 6.04 Å². The Balaban J connectivity index is 1.50. The molecule has 0 saturated heterocycles. The van der Waals surface area contributed by atoms with E-state index in [1.807, 2.05) is 37.3 Å². The van der Waals surface area contributed by atoms with Crippen molar-refractivity contribution in [3.05, 3.63) is 95.6 Å². The summed E-state index contributed by atoms with van der Waals surface area (Å²) in [5.74, 6) is -0.174. The first kappa shape index (κ1) is 21.0. The molecule has 4 rings (SSSR count). The molecule has 1 aromatic heterocycles. The SMILES string of the molecule is COC(=O)C(NC(=O)c1ccc(-c2nnc(-c3ccc(C)cc3)o2)cc1)c1ccccc1. The molecule has 0 aliphatic heterocycles. The van der Waals surface area contributed by atoms with Gasteiger partial charge in [0.1, 0.15) is 0 Å². The fourth-order valence-electron chi connectivity index (χ4n) is 3.17. The van der Waals surface area contributed by atoms with Gasteiger partial charge in [-0.15, -0.1) is 10.2 Å². The fourth-order valence-corrected chi connectivity index (χ4v) is 3.17. The zero-order valence-corrected chi connectivity index (χ0v) is 17.6. The smallest absolute Gasteiger partial charge is 0.333 e. The first-order valence-electron chi connectivity index (χ1n) is 10.00. The Hall–Kier alpha value is -4.26. The quantitative estimate of drug-likeness (QED) is 0.460. The minimum atomic E-state index is -0.901. The van der Waals surface area contributed by atoms with Crippen molar-refractivity contribution in [3.63, 3.8) is 0 Å². The Morgan fingerprint density at radius 1 is 0.844 bits per heavy atom. The second kappa shape index (κ2) is 9.26. The number of methoxy groups -OCH3 is 1. The molecule has 1 N–H and O–H groups in total. The zero-order valence-electron chi connectivity index (χ0n) is 17.6. The summed E-state index contributed by atoms with van der Waals surface area (Å²) in [5, 5.41) is 10.9. The minimum absolute atomic E-state index is 0.351. The Morgan fingerprint density at radius 3 is 1.97 bits per heavy atom. The summed E-state index contributed by atoms with van der Waals surface area (Å²) in [4.78, 5) is 24.9. The van der Waals surface area contributed by atoms with Crippen molar-refractivity contribution in [2.24, 2.45) is 0 Å². The normalized spacial score (nSPS) is 11.6. The molecule has 1 atom stereocenters. The Labute approximate surface area is 185 Å². The first-order chi connectivity index (χ1) is 15.5. The maximum atomic E-state index is 12.7. The van der Waals surface area contributed by atoms with E-state index in [0.29, 0.717) is 28.5 Å². The number of aryl methyl sites for hydroxylation is 1. The third-order valence-electron chi connectivity index (χ3n) is 4.96. The second-order valence-electron chi connectivity index (χ2n) is 7.20. The predicted octanol–water partition coefficient (Wildman–Crippen LogP) is 4.36. The third kappa shape index (κ3) is 4.57. The molecule has 7 heteroatoms. The topological polar surface area (TPSA) is 94.3 Å². The second-order valence-corrected chi connectivity index (χ2v) is 7.20. The molecule has 1 heterocycles. The Morgan fingerprint density at radius 2 is 1.41 bits per heavy atom. The van der Waals surface area contributed by atoms with Crippen molar-refractivity contribution in [3.8, 4) is 22.9 Å². The number of hydrogen-bond acceptors (Lipinski definition) is 6. The van der Waals surface area contributed by atoms with Gasteiger partial charge >= 0.3 is 5.97 Å². The van der Waals surface area contributed by atoms with Gasteiger partial charge in [-0.2, -0.15) is 0 Å². The number of aromatic nitrogens is 2. The van der Waals surface area contributed by atoms with Crippen molar-refractivity contribution in [2.45, 2.75) is 13.0 Å².